The average molecular weight is 199 g/mol. The van der Waals surface area contributed by atoms with Gasteiger partial charge in [-0.15, -0.1) is 0 Å². The van der Waals surface area contributed by atoms with Gasteiger partial charge in [-0.25, -0.2) is 4.79 Å². The molecule has 0 aromatic carbocycles. The molecule has 4 nitrogen and oxygen atoms in total. The van der Waals surface area contributed by atoms with Crippen molar-refractivity contribution in [2.75, 3.05) is 6.54 Å². The van der Waals surface area contributed by atoms with Gasteiger partial charge in [-0.05, 0) is 19.3 Å². The third-order valence-electron chi connectivity index (χ3n) is 2.66. The number of carboxylic acids is 1. The van der Waals surface area contributed by atoms with Gasteiger partial charge < -0.3 is 10.0 Å². The van der Waals surface area contributed by atoms with E-state index in [1.807, 2.05) is 0 Å². The maximum Gasteiger partial charge on any atom is 0.326 e. The Balaban J connectivity index is 2.70. The van der Waals surface area contributed by atoms with Crippen molar-refractivity contribution in [3.8, 4) is 0 Å². The zero-order valence-corrected chi connectivity index (χ0v) is 8.53. The lowest BCUT2D eigenvalue weighted by atomic mass is 10.2. The molecule has 1 rings (SSSR count). The Labute approximate surface area is 83.9 Å². The first-order valence-electron chi connectivity index (χ1n) is 5.19. The molecule has 4 heteroatoms. The Hall–Kier alpha value is -1.06. The second kappa shape index (κ2) is 4.98. The van der Waals surface area contributed by atoms with E-state index < -0.39 is 12.0 Å². The minimum atomic E-state index is -0.886. The summed E-state index contributed by atoms with van der Waals surface area (Å²) in [4.78, 5) is 24.0. The van der Waals surface area contributed by atoms with Crippen LogP contribution in [0.5, 0.6) is 0 Å². The molecule has 1 saturated heterocycles. The normalized spacial score (nSPS) is 20.4. The van der Waals surface area contributed by atoms with Crippen LogP contribution in [0.1, 0.15) is 39.0 Å². The van der Waals surface area contributed by atoms with E-state index in [2.05, 4.69) is 0 Å². The van der Waals surface area contributed by atoms with Crippen molar-refractivity contribution in [2.24, 2.45) is 0 Å². The minimum Gasteiger partial charge on any atom is -0.480 e. The van der Waals surface area contributed by atoms with Crippen LogP contribution in [-0.4, -0.2) is 34.5 Å². The van der Waals surface area contributed by atoms with Crippen molar-refractivity contribution < 1.29 is 14.7 Å². The van der Waals surface area contributed by atoms with Crippen LogP contribution in [0.4, 0.5) is 0 Å². The lowest BCUT2D eigenvalue weighted by Gasteiger charge is -2.26. The fraction of sp³-hybridized carbons (Fsp3) is 0.800. The number of hydrogen-bond acceptors (Lipinski definition) is 2. The molecule has 1 heterocycles. The smallest absolute Gasteiger partial charge is 0.326 e. The third-order valence-corrected chi connectivity index (χ3v) is 2.66. The molecule has 0 bridgehead atoms. The van der Waals surface area contributed by atoms with Crippen LogP contribution in [0.2, 0.25) is 0 Å². The molecule has 1 N–H and O–H groups in total. The molecule has 0 radical (unpaired) electrons. The van der Waals surface area contributed by atoms with Crippen molar-refractivity contribution in [1.29, 1.82) is 0 Å². The average Bonchev–Trinajstić information content (AvgIpc) is 2.33. The first-order valence-corrected chi connectivity index (χ1v) is 5.19. The number of rotatable bonds is 3. The first-order chi connectivity index (χ1) is 6.66. The molecule has 80 valence electrons. The van der Waals surface area contributed by atoms with E-state index in [1.54, 1.807) is 6.92 Å². The molecule has 1 fully saturated rings. The fourth-order valence-electron chi connectivity index (χ4n) is 1.86. The Kier molecular flexibility index (Phi) is 3.92. The molecule has 14 heavy (non-hydrogen) atoms. The van der Waals surface area contributed by atoms with Gasteiger partial charge in [-0.1, -0.05) is 13.3 Å². The van der Waals surface area contributed by atoms with Gasteiger partial charge in [0.2, 0.25) is 5.91 Å². The largest absolute Gasteiger partial charge is 0.480 e. The number of carboxylic acid groups (broad SMARTS) is 1. The fourth-order valence-corrected chi connectivity index (χ4v) is 1.86. The molecule has 0 spiro atoms. The van der Waals surface area contributed by atoms with Crippen LogP contribution in [0, 0.1) is 0 Å². The van der Waals surface area contributed by atoms with Crippen LogP contribution in [0.3, 0.4) is 0 Å². The maximum atomic E-state index is 11.6. The van der Waals surface area contributed by atoms with Crippen molar-refractivity contribution in [3.63, 3.8) is 0 Å². The van der Waals surface area contributed by atoms with Crippen molar-refractivity contribution in [3.05, 3.63) is 0 Å². The number of nitrogens with zero attached hydrogens (tertiary/aromatic N) is 1. The van der Waals surface area contributed by atoms with Crippen LogP contribution in [-0.2, 0) is 9.59 Å². The van der Waals surface area contributed by atoms with Gasteiger partial charge in [0.25, 0.3) is 0 Å². The highest BCUT2D eigenvalue weighted by molar-refractivity contribution is 5.83. The van der Waals surface area contributed by atoms with Gasteiger partial charge >= 0.3 is 5.97 Å². The number of hydrogen-bond donors (Lipinski definition) is 1. The Morgan fingerprint density at radius 3 is 2.79 bits per heavy atom. The lowest BCUT2D eigenvalue weighted by Crippen LogP contribution is -2.44. The third kappa shape index (κ3) is 2.47. The summed E-state index contributed by atoms with van der Waals surface area (Å²) in [5.41, 5.74) is 0. The molecule has 1 aliphatic rings. The van der Waals surface area contributed by atoms with Gasteiger partial charge in [-0.2, -0.15) is 0 Å². The van der Waals surface area contributed by atoms with Crippen molar-refractivity contribution in [1.82, 2.24) is 4.90 Å². The summed E-state index contributed by atoms with van der Waals surface area (Å²) in [5, 5.41) is 8.94. The molecule has 1 atom stereocenters. The highest BCUT2D eigenvalue weighted by Gasteiger charge is 2.28. The summed E-state index contributed by atoms with van der Waals surface area (Å²) in [6.07, 6.45) is 3.84. The zero-order chi connectivity index (χ0) is 10.6. The highest BCUT2D eigenvalue weighted by atomic mass is 16.4. The van der Waals surface area contributed by atoms with Gasteiger partial charge in [0.1, 0.15) is 6.04 Å². The zero-order valence-electron chi connectivity index (χ0n) is 8.53. The van der Waals surface area contributed by atoms with Crippen LogP contribution in [0.15, 0.2) is 0 Å². The Morgan fingerprint density at radius 1 is 1.50 bits per heavy atom. The minimum absolute atomic E-state index is 0.00301. The van der Waals surface area contributed by atoms with Gasteiger partial charge in [0, 0.05) is 13.0 Å². The molecule has 0 aliphatic carbocycles. The SMILES string of the molecule is CCC(C(=O)O)N1CCCCCC1=O. The number of amides is 1. The maximum absolute atomic E-state index is 11.6. The van der Waals surface area contributed by atoms with Gasteiger partial charge in [0.15, 0.2) is 0 Å². The lowest BCUT2D eigenvalue weighted by molar-refractivity contribution is -0.150. The Bertz CT molecular complexity index is 227. The molecule has 1 amide bonds. The van der Waals surface area contributed by atoms with E-state index in [9.17, 15) is 9.59 Å². The Morgan fingerprint density at radius 2 is 2.21 bits per heavy atom. The number of carbonyl (C=O) groups is 2. The van der Waals surface area contributed by atoms with Gasteiger partial charge in [-0.3, -0.25) is 4.79 Å². The molecular formula is C10H17NO3. The first kappa shape index (κ1) is 11.0. The number of likely N-dealkylation sites (tertiary alicyclic amines) is 1. The monoisotopic (exact) mass is 199 g/mol. The molecule has 0 aromatic heterocycles. The molecule has 0 saturated carbocycles. The summed E-state index contributed by atoms with van der Waals surface area (Å²) >= 11 is 0. The summed E-state index contributed by atoms with van der Waals surface area (Å²) in [7, 11) is 0. The number of carbonyl (C=O) groups excluding carboxylic acids is 1. The summed E-state index contributed by atoms with van der Waals surface area (Å²) in [5.74, 6) is -0.889. The van der Waals surface area contributed by atoms with Crippen LogP contribution in [0.25, 0.3) is 0 Å². The summed E-state index contributed by atoms with van der Waals surface area (Å²) in [6.45, 7) is 2.40. The molecule has 1 unspecified atom stereocenters. The topological polar surface area (TPSA) is 57.6 Å². The van der Waals surface area contributed by atoms with E-state index in [0.29, 0.717) is 19.4 Å². The van der Waals surface area contributed by atoms with E-state index in [-0.39, 0.29) is 5.91 Å². The molecule has 0 aromatic rings. The van der Waals surface area contributed by atoms with Gasteiger partial charge in [0.05, 0.1) is 0 Å². The summed E-state index contributed by atoms with van der Waals surface area (Å²) < 4.78 is 0. The standard InChI is InChI=1S/C10H17NO3/c1-2-8(10(13)14)11-7-5-3-4-6-9(11)12/h8H,2-7H2,1H3,(H,13,14). The van der Waals surface area contributed by atoms with Crippen molar-refractivity contribution >= 4 is 11.9 Å². The quantitative estimate of drug-likeness (QED) is 0.744. The number of aliphatic carboxylic acids is 1. The highest BCUT2D eigenvalue weighted by Crippen LogP contribution is 2.15. The van der Waals surface area contributed by atoms with Crippen LogP contribution >= 0.6 is 0 Å². The van der Waals surface area contributed by atoms with Crippen molar-refractivity contribution in [2.45, 2.75) is 45.1 Å². The predicted octanol–water partition coefficient (Wildman–Crippen LogP) is 1.25. The van der Waals surface area contributed by atoms with Crippen LogP contribution < -0.4 is 0 Å². The summed E-state index contributed by atoms with van der Waals surface area (Å²) in [6, 6.07) is -0.624. The predicted molar refractivity (Wildman–Crippen MR) is 51.9 cm³/mol. The molecular weight excluding hydrogens is 182 g/mol. The van der Waals surface area contributed by atoms with E-state index >= 15 is 0 Å². The second-order valence-corrected chi connectivity index (χ2v) is 3.66. The van der Waals surface area contributed by atoms with E-state index in [0.717, 1.165) is 19.3 Å². The second-order valence-electron chi connectivity index (χ2n) is 3.66. The van der Waals surface area contributed by atoms with E-state index in [4.69, 9.17) is 5.11 Å². The van der Waals surface area contributed by atoms with E-state index in [1.165, 1.54) is 4.90 Å². The molecule has 1 aliphatic heterocycles.